The number of carbonyl (C=O) groups is 1. The average molecular weight is 272 g/mol. The normalized spacial score (nSPS) is 26.6. The Hall–Kier alpha value is -1.35. The number of epoxide rings is 1. The zero-order chi connectivity index (χ0) is 13.6. The molecule has 1 saturated carbocycles. The lowest BCUT2D eigenvalue weighted by molar-refractivity contribution is 0.0747. The third-order valence-electron chi connectivity index (χ3n) is 5.01. The summed E-state index contributed by atoms with van der Waals surface area (Å²) < 4.78 is 11.1. The molecule has 2 aliphatic carbocycles. The van der Waals surface area contributed by atoms with Crippen molar-refractivity contribution < 1.29 is 14.3 Å². The lowest BCUT2D eigenvalue weighted by Crippen LogP contribution is -2.30. The van der Waals surface area contributed by atoms with E-state index >= 15 is 0 Å². The van der Waals surface area contributed by atoms with Crippen LogP contribution >= 0.6 is 0 Å². The predicted octanol–water partition coefficient (Wildman–Crippen LogP) is 3.15. The Morgan fingerprint density at radius 2 is 2.05 bits per heavy atom. The summed E-state index contributed by atoms with van der Waals surface area (Å²) in [6, 6.07) is 5.92. The Labute approximate surface area is 119 Å². The van der Waals surface area contributed by atoms with Crippen molar-refractivity contribution in [3.8, 4) is 5.75 Å². The summed E-state index contributed by atoms with van der Waals surface area (Å²) in [5, 5.41) is 0. The van der Waals surface area contributed by atoms with Gasteiger partial charge in [-0.2, -0.15) is 0 Å². The van der Waals surface area contributed by atoms with Crippen LogP contribution in [0.25, 0.3) is 0 Å². The maximum atomic E-state index is 12.8. The third kappa shape index (κ3) is 1.96. The van der Waals surface area contributed by atoms with Crippen molar-refractivity contribution in [1.82, 2.24) is 0 Å². The predicted molar refractivity (Wildman–Crippen MR) is 75.2 cm³/mol. The van der Waals surface area contributed by atoms with E-state index in [9.17, 15) is 4.79 Å². The number of fused-ring (bicyclic) bond motifs is 1. The molecule has 1 atom stereocenters. The van der Waals surface area contributed by atoms with Gasteiger partial charge in [-0.25, -0.2) is 0 Å². The minimum Gasteiger partial charge on any atom is -0.490 e. The number of hydrogen-bond donors (Lipinski definition) is 0. The van der Waals surface area contributed by atoms with Gasteiger partial charge in [0.1, 0.15) is 18.5 Å². The highest BCUT2D eigenvalue weighted by atomic mass is 16.6. The minimum atomic E-state index is -0.115. The van der Waals surface area contributed by atoms with Crippen LogP contribution in [0.4, 0.5) is 0 Å². The number of ether oxygens (including phenoxy) is 2. The summed E-state index contributed by atoms with van der Waals surface area (Å²) in [5.74, 6) is 1.26. The van der Waals surface area contributed by atoms with Crippen molar-refractivity contribution in [1.29, 1.82) is 0 Å². The van der Waals surface area contributed by atoms with Crippen LogP contribution in [0, 0.1) is 5.41 Å². The van der Waals surface area contributed by atoms with E-state index < -0.39 is 0 Å². The number of rotatable bonds is 3. The molecule has 3 nitrogen and oxygen atoms in total. The number of Topliss-reactive ketones (excluding diaryl/α,β-unsaturated/α-hetero) is 1. The second kappa shape index (κ2) is 4.59. The lowest BCUT2D eigenvalue weighted by Gasteiger charge is -2.31. The van der Waals surface area contributed by atoms with Crippen molar-refractivity contribution in [2.24, 2.45) is 5.41 Å². The smallest absolute Gasteiger partial charge is 0.169 e. The molecule has 1 spiro atoms. The molecule has 2 fully saturated rings. The van der Waals surface area contributed by atoms with Gasteiger partial charge in [0.25, 0.3) is 0 Å². The second-order valence-corrected chi connectivity index (χ2v) is 6.40. The Morgan fingerprint density at radius 1 is 1.25 bits per heavy atom. The van der Waals surface area contributed by atoms with Gasteiger partial charge in [-0.05, 0) is 25.3 Å². The minimum absolute atomic E-state index is 0.115. The zero-order valence-corrected chi connectivity index (χ0v) is 11.7. The summed E-state index contributed by atoms with van der Waals surface area (Å²) in [6.07, 6.45) is 6.87. The molecule has 4 rings (SSSR count). The van der Waals surface area contributed by atoms with Gasteiger partial charge >= 0.3 is 0 Å². The highest BCUT2D eigenvalue weighted by Crippen LogP contribution is 2.49. The van der Waals surface area contributed by atoms with Gasteiger partial charge < -0.3 is 9.47 Å². The summed E-state index contributed by atoms with van der Waals surface area (Å²) in [4.78, 5) is 12.8. The molecule has 0 N–H and O–H groups in total. The Kier molecular flexibility index (Phi) is 2.84. The Bertz CT molecular complexity index is 539. The molecule has 0 amide bonds. The number of carbonyl (C=O) groups excluding carboxylic acids is 1. The summed E-state index contributed by atoms with van der Waals surface area (Å²) in [5.41, 5.74) is 1.93. The van der Waals surface area contributed by atoms with Gasteiger partial charge in [-0.15, -0.1) is 0 Å². The van der Waals surface area contributed by atoms with Crippen LogP contribution in [0.2, 0.25) is 0 Å². The van der Waals surface area contributed by atoms with E-state index in [1.54, 1.807) is 0 Å². The quantitative estimate of drug-likeness (QED) is 0.793. The topological polar surface area (TPSA) is 38.8 Å². The fourth-order valence-corrected chi connectivity index (χ4v) is 3.78. The van der Waals surface area contributed by atoms with E-state index in [1.807, 2.05) is 18.2 Å². The monoisotopic (exact) mass is 272 g/mol. The first-order valence-corrected chi connectivity index (χ1v) is 7.70. The molecule has 106 valence electrons. The molecular weight excluding hydrogens is 252 g/mol. The third-order valence-corrected chi connectivity index (χ3v) is 5.01. The van der Waals surface area contributed by atoms with E-state index in [1.165, 1.54) is 19.3 Å². The number of ketones is 1. The fraction of sp³-hybridized carbons (Fsp3) is 0.588. The molecule has 1 unspecified atom stereocenters. The first-order valence-electron chi connectivity index (χ1n) is 7.70. The summed E-state index contributed by atoms with van der Waals surface area (Å²) >= 11 is 0. The van der Waals surface area contributed by atoms with E-state index in [0.717, 1.165) is 42.7 Å². The first-order chi connectivity index (χ1) is 9.78. The van der Waals surface area contributed by atoms with Gasteiger partial charge in [-0.1, -0.05) is 31.4 Å². The number of benzene rings is 1. The van der Waals surface area contributed by atoms with Gasteiger partial charge in [0, 0.05) is 16.5 Å². The average Bonchev–Trinajstić information content (AvgIpc) is 3.26. The van der Waals surface area contributed by atoms with Gasteiger partial charge in [0.2, 0.25) is 0 Å². The molecule has 20 heavy (non-hydrogen) atoms. The van der Waals surface area contributed by atoms with Gasteiger partial charge in [-0.3, -0.25) is 4.79 Å². The highest BCUT2D eigenvalue weighted by molar-refractivity contribution is 6.05. The van der Waals surface area contributed by atoms with Crippen molar-refractivity contribution in [3.63, 3.8) is 0 Å². The summed E-state index contributed by atoms with van der Waals surface area (Å²) in [6.45, 7) is 1.41. The SMILES string of the molecule is O=C1c2cccc(OCC3CO3)c2CC12CCCCC2. The molecule has 1 aromatic carbocycles. The fourth-order valence-electron chi connectivity index (χ4n) is 3.78. The second-order valence-electron chi connectivity index (χ2n) is 6.40. The van der Waals surface area contributed by atoms with Crippen molar-refractivity contribution >= 4 is 5.78 Å². The van der Waals surface area contributed by atoms with Gasteiger partial charge in [0.15, 0.2) is 5.78 Å². The van der Waals surface area contributed by atoms with Crippen LogP contribution in [-0.2, 0) is 11.2 Å². The van der Waals surface area contributed by atoms with E-state index in [0.29, 0.717) is 12.4 Å². The first kappa shape index (κ1) is 12.4. The summed E-state index contributed by atoms with van der Waals surface area (Å²) in [7, 11) is 0. The maximum Gasteiger partial charge on any atom is 0.169 e. The molecule has 0 aromatic heterocycles. The largest absolute Gasteiger partial charge is 0.490 e. The van der Waals surface area contributed by atoms with Crippen LogP contribution < -0.4 is 4.74 Å². The van der Waals surface area contributed by atoms with Crippen molar-refractivity contribution in [2.75, 3.05) is 13.2 Å². The van der Waals surface area contributed by atoms with Crippen LogP contribution in [0.1, 0.15) is 48.0 Å². The van der Waals surface area contributed by atoms with Gasteiger partial charge in [0.05, 0.1) is 6.61 Å². The molecule has 1 aliphatic heterocycles. The van der Waals surface area contributed by atoms with Crippen molar-refractivity contribution in [2.45, 2.75) is 44.6 Å². The molecule has 0 bridgehead atoms. The van der Waals surface area contributed by atoms with Crippen LogP contribution in [0.15, 0.2) is 18.2 Å². The van der Waals surface area contributed by atoms with E-state index in [-0.39, 0.29) is 11.5 Å². The highest BCUT2D eigenvalue weighted by Gasteiger charge is 2.46. The Morgan fingerprint density at radius 3 is 2.80 bits per heavy atom. The molecule has 1 saturated heterocycles. The molecule has 0 radical (unpaired) electrons. The lowest BCUT2D eigenvalue weighted by atomic mass is 9.71. The molecule has 1 heterocycles. The van der Waals surface area contributed by atoms with Crippen LogP contribution in [0.3, 0.4) is 0 Å². The Balaban J connectivity index is 1.63. The number of hydrogen-bond acceptors (Lipinski definition) is 3. The van der Waals surface area contributed by atoms with Crippen LogP contribution in [-0.4, -0.2) is 25.1 Å². The maximum absolute atomic E-state index is 12.8. The zero-order valence-electron chi connectivity index (χ0n) is 11.7. The molecular formula is C17H20O3. The molecule has 1 aromatic rings. The van der Waals surface area contributed by atoms with Crippen molar-refractivity contribution in [3.05, 3.63) is 29.3 Å². The van der Waals surface area contributed by atoms with E-state index in [4.69, 9.17) is 9.47 Å². The molecule has 3 aliphatic rings. The molecule has 3 heteroatoms. The standard InChI is InChI=1S/C17H20O3/c18-16-13-5-4-6-15(20-11-12-10-19-12)14(13)9-17(16)7-2-1-3-8-17/h4-6,12H,1-3,7-11H2. The van der Waals surface area contributed by atoms with E-state index in [2.05, 4.69) is 0 Å². The van der Waals surface area contributed by atoms with Crippen LogP contribution in [0.5, 0.6) is 5.75 Å².